The first kappa shape index (κ1) is 56.2. The summed E-state index contributed by atoms with van der Waals surface area (Å²) in [7, 11) is -18.1. The summed E-state index contributed by atoms with van der Waals surface area (Å²) in [5.41, 5.74) is 0. The summed E-state index contributed by atoms with van der Waals surface area (Å²) in [6, 6.07) is 0. The Balaban J connectivity index is -0.0000000161. The van der Waals surface area contributed by atoms with Crippen LogP contribution in [0.1, 0.15) is 0 Å². The normalized spacial score (nSPS) is 5.00. The van der Waals surface area contributed by atoms with E-state index < -0.39 is 45.9 Å². The van der Waals surface area contributed by atoms with Gasteiger partial charge in [0.05, 0.1) is 0 Å². The molecule has 0 saturated heterocycles. The number of hydrogen-bond acceptors (Lipinski definition) is 15. The molecule has 0 unspecified atom stereocenters. The average Bonchev–Trinajstić information content (AvgIpc) is 1.94. The molecule has 0 aromatic rings. The first-order chi connectivity index (χ1) is 8.66. The van der Waals surface area contributed by atoms with E-state index >= 15 is 0 Å². The monoisotopic (exact) mass is 926 g/mol. The second-order valence-electron chi connectivity index (χ2n) is 1.25. The van der Waals surface area contributed by atoms with Crippen molar-refractivity contribution in [3.05, 3.63) is 0 Å². The second kappa shape index (κ2) is 49.6. The molecule has 0 bridgehead atoms. The van der Waals surface area contributed by atoms with Gasteiger partial charge in [-0.15, -0.1) is 0 Å². The van der Waals surface area contributed by atoms with Crippen molar-refractivity contribution in [2.45, 2.75) is 0 Å². The van der Waals surface area contributed by atoms with Crippen LogP contribution in [0.25, 0.3) is 0 Å². The molecule has 0 aromatic heterocycles. The van der Waals surface area contributed by atoms with Crippen LogP contribution < -0.4 is 48.0 Å². The smallest absolute Gasteiger partial charge is 0.672 e. The quantitative estimate of drug-likeness (QED) is 0.204. The van der Waals surface area contributed by atoms with Gasteiger partial charge in [0.2, 0.25) is 0 Å². The van der Waals surface area contributed by atoms with Crippen molar-refractivity contribution in [1.82, 2.24) is 0 Å². The molecule has 0 N–H and O–H groups in total. The van der Waals surface area contributed by atoms with Crippen LogP contribution in [0.3, 0.4) is 0 Å². The fraction of sp³-hybridized carbons (Fsp3) is 0. The topological polar surface area (TPSA) is 316 Å². The van der Waals surface area contributed by atoms with Gasteiger partial charge in [0.1, 0.15) is 0 Å². The minimum absolute atomic E-state index is 0. The zero-order valence-electron chi connectivity index (χ0n) is 10.9. The molecule has 0 spiro atoms. The Morgan fingerprint density at radius 1 is 0.333 bits per heavy atom. The Labute approximate surface area is 205 Å². The third-order valence-electron chi connectivity index (χ3n) is 0. The van der Waals surface area contributed by atoms with Crippen molar-refractivity contribution in [1.29, 1.82) is 0 Å². The molecule has 0 rings (SSSR count). The van der Waals surface area contributed by atoms with Crippen LogP contribution in [0.5, 0.6) is 0 Å². The molecule has 15 nitrogen and oxygen atoms in total. The average molecular weight is 929 g/mol. The minimum atomic E-state index is -3.63. The maximum atomic E-state index is 8.52. The van der Waals surface area contributed by atoms with E-state index in [4.69, 9.17) is 70.3 Å². The van der Waals surface area contributed by atoms with Crippen LogP contribution in [0.4, 0.5) is 0 Å². The summed E-state index contributed by atoms with van der Waals surface area (Å²) >= 11 is 0. The second-order valence-corrected chi connectivity index (χ2v) is 3.75. The van der Waals surface area contributed by atoms with Gasteiger partial charge < -0.3 is 70.3 Å². The fourth-order valence-corrected chi connectivity index (χ4v) is 0. The maximum absolute atomic E-state index is 8.52. The van der Waals surface area contributed by atoms with Gasteiger partial charge in [-0.25, -0.2) is 0 Å². The van der Waals surface area contributed by atoms with E-state index in [0.29, 0.717) is 0 Å². The molecule has 4 radical (unpaired) electrons. The van der Waals surface area contributed by atoms with E-state index in [2.05, 4.69) is 0 Å². The van der Waals surface area contributed by atoms with E-state index in [9.17, 15) is 0 Å². The Morgan fingerprint density at radius 2 is 0.333 bits per heavy atom. The van der Waals surface area contributed by atoms with E-state index in [0.717, 1.165) is 0 Å². The molecule has 0 aliphatic heterocycles. The standard InChI is InChI=1S/2Bi.5O3Si.2Zn/c;;5*1-4(2)3;;/q2*+3;5*-2;2*+2. The van der Waals surface area contributed by atoms with Crippen molar-refractivity contribution in [3.8, 4) is 0 Å². The van der Waals surface area contributed by atoms with Gasteiger partial charge in [-0.2, -0.15) is 0 Å². The van der Waals surface area contributed by atoms with Crippen molar-refractivity contribution >= 4 is 98.3 Å². The van der Waals surface area contributed by atoms with E-state index in [1.54, 1.807) is 0 Å². The summed E-state index contributed by atoms with van der Waals surface area (Å²) in [4.78, 5) is 85.2. The third kappa shape index (κ3) is 9370. The van der Waals surface area contributed by atoms with Gasteiger partial charge in [0.15, 0.2) is 0 Å². The Morgan fingerprint density at radius 3 is 0.333 bits per heavy atom. The van der Waals surface area contributed by atoms with Gasteiger partial charge in [-0.1, -0.05) is 0 Å². The van der Waals surface area contributed by atoms with Crippen LogP contribution in [-0.2, 0) is 61.3 Å². The summed E-state index contributed by atoms with van der Waals surface area (Å²) in [6.45, 7) is 0. The Bertz CT molecular complexity index is 221. The molecule has 24 heteroatoms. The largest absolute Gasteiger partial charge is 3.00 e. The molecular weight excluding hydrogens is 929 g/mol. The first-order valence-electron chi connectivity index (χ1n) is 3.06. The predicted octanol–water partition coefficient (Wildman–Crippen LogP) is -15.2. The summed E-state index contributed by atoms with van der Waals surface area (Å²) in [5.74, 6) is 0. The number of hydrogen-bond donors (Lipinski definition) is 0. The van der Waals surface area contributed by atoms with E-state index in [1.807, 2.05) is 0 Å². The van der Waals surface area contributed by atoms with Crippen LogP contribution in [0.2, 0.25) is 0 Å². The van der Waals surface area contributed by atoms with Gasteiger partial charge >= 0.3 is 91.4 Å². The number of rotatable bonds is 0. The maximum Gasteiger partial charge on any atom is 3.00 e. The summed E-state index contributed by atoms with van der Waals surface area (Å²) < 4.78 is 42.6. The van der Waals surface area contributed by atoms with Gasteiger partial charge in [-0.3, -0.25) is 0 Å². The molecule has 0 atom stereocenters. The van der Waals surface area contributed by atoms with Gasteiger partial charge in [0.25, 0.3) is 0 Å². The summed E-state index contributed by atoms with van der Waals surface area (Å²) in [5, 5.41) is 0. The Kier molecular flexibility index (Phi) is 116. The van der Waals surface area contributed by atoms with Gasteiger partial charge in [-0.05, 0) is 0 Å². The van der Waals surface area contributed by atoms with Crippen LogP contribution in [-0.4, -0.2) is 98.3 Å². The third-order valence-corrected chi connectivity index (χ3v) is 0. The van der Waals surface area contributed by atoms with Crippen molar-refractivity contribution < 1.29 is 109 Å². The molecule has 124 valence electrons. The Hall–Kier alpha value is 1.10. The fourth-order valence-electron chi connectivity index (χ4n) is 0. The van der Waals surface area contributed by atoms with Crippen molar-refractivity contribution in [3.63, 3.8) is 0 Å². The van der Waals surface area contributed by atoms with Crippen molar-refractivity contribution in [2.24, 2.45) is 0 Å². The molecule has 0 aromatic carbocycles. The van der Waals surface area contributed by atoms with Crippen LogP contribution in [0, 0.1) is 0 Å². The molecule has 0 aliphatic rings. The van der Waals surface area contributed by atoms with Crippen LogP contribution >= 0.6 is 0 Å². The predicted molar refractivity (Wildman–Crippen MR) is 43.7 cm³/mol. The molecule has 0 saturated carbocycles. The van der Waals surface area contributed by atoms with Crippen molar-refractivity contribution in [2.75, 3.05) is 0 Å². The first-order valence-corrected chi connectivity index (χ1v) is 9.19. The molecule has 0 heterocycles. The zero-order chi connectivity index (χ0) is 17.9. The van der Waals surface area contributed by atoms with Crippen LogP contribution in [0.15, 0.2) is 0 Å². The molecule has 0 amide bonds. The zero-order valence-corrected chi connectivity index (χ0v) is 28.8. The SMILES string of the molecule is O=[Si]([O-])[O-].O=[Si]([O-])[O-].O=[Si]([O-])[O-].O=[Si]([O-])[O-].O=[Si]([O-])[O-].[Bi+3].[Bi+3].[Zn+2].[Zn+2]. The molecule has 0 fully saturated rings. The molecular formula is Bi2O15Si5Zn2. The van der Waals surface area contributed by atoms with E-state index in [-0.39, 0.29) is 91.4 Å². The summed E-state index contributed by atoms with van der Waals surface area (Å²) in [6.07, 6.45) is 0. The molecule has 0 aliphatic carbocycles. The van der Waals surface area contributed by atoms with Gasteiger partial charge in [0, 0.05) is 45.9 Å². The van der Waals surface area contributed by atoms with E-state index in [1.165, 1.54) is 0 Å². The minimum Gasteiger partial charge on any atom is -0.672 e. The molecule has 24 heavy (non-hydrogen) atoms.